The third-order valence-electron chi connectivity index (χ3n) is 3.27. The summed E-state index contributed by atoms with van der Waals surface area (Å²) in [5.74, 6) is -0.214. The molecule has 1 aromatic carbocycles. The van der Waals surface area contributed by atoms with Crippen molar-refractivity contribution in [3.63, 3.8) is 0 Å². The van der Waals surface area contributed by atoms with E-state index in [9.17, 15) is 9.59 Å². The largest absolute Gasteiger partial charge is 0.355 e. The number of nitrogens with one attached hydrogen (secondary N) is 1. The van der Waals surface area contributed by atoms with E-state index in [-0.39, 0.29) is 11.8 Å². The first kappa shape index (κ1) is 16.9. The van der Waals surface area contributed by atoms with Gasteiger partial charge in [0, 0.05) is 37.7 Å². The molecule has 6 heteroatoms. The molecule has 0 atom stereocenters. The minimum atomic E-state index is -0.123. The number of hydrogen-bond acceptors (Lipinski definition) is 4. The summed E-state index contributed by atoms with van der Waals surface area (Å²) in [7, 11) is 3.34. The lowest BCUT2D eigenvalue weighted by atomic mass is 10.1. The van der Waals surface area contributed by atoms with Gasteiger partial charge in [-0.25, -0.2) is 4.98 Å². The standard InChI is InChI=1S/C17H19N3O2S/c1-12-19-15(11-23-12)8-9-16(21)20(3)10-13-4-6-14(7-5-13)17(22)18-2/h4-9,11H,10H2,1-3H3,(H,18,22)/b9-8+. The molecule has 0 unspecified atom stereocenters. The molecule has 5 nitrogen and oxygen atoms in total. The van der Waals surface area contributed by atoms with Gasteiger partial charge in [0.2, 0.25) is 5.91 Å². The zero-order valence-corrected chi connectivity index (χ0v) is 14.2. The van der Waals surface area contributed by atoms with E-state index < -0.39 is 0 Å². The second kappa shape index (κ2) is 7.69. The van der Waals surface area contributed by atoms with Gasteiger partial charge in [-0.15, -0.1) is 11.3 Å². The molecule has 0 fully saturated rings. The molecule has 1 heterocycles. The van der Waals surface area contributed by atoms with Gasteiger partial charge < -0.3 is 10.2 Å². The molecule has 2 aromatic rings. The van der Waals surface area contributed by atoms with Crippen molar-refractivity contribution < 1.29 is 9.59 Å². The highest BCUT2D eigenvalue weighted by molar-refractivity contribution is 7.09. The molecule has 0 bridgehead atoms. The van der Waals surface area contributed by atoms with Crippen LogP contribution in [0.2, 0.25) is 0 Å². The molecule has 2 amide bonds. The van der Waals surface area contributed by atoms with Crippen molar-refractivity contribution in [1.29, 1.82) is 0 Å². The number of amides is 2. The molecule has 0 radical (unpaired) electrons. The van der Waals surface area contributed by atoms with Crippen molar-refractivity contribution in [3.05, 3.63) is 57.6 Å². The molecule has 0 aliphatic carbocycles. The molecule has 1 aromatic heterocycles. The maximum Gasteiger partial charge on any atom is 0.251 e. The lowest BCUT2D eigenvalue weighted by molar-refractivity contribution is -0.125. The molecule has 23 heavy (non-hydrogen) atoms. The third kappa shape index (κ3) is 4.75. The highest BCUT2D eigenvalue weighted by Crippen LogP contribution is 2.10. The number of benzene rings is 1. The molecule has 0 saturated carbocycles. The average molecular weight is 329 g/mol. The molecule has 1 N–H and O–H groups in total. The van der Waals surface area contributed by atoms with Crippen molar-refractivity contribution in [1.82, 2.24) is 15.2 Å². The zero-order valence-electron chi connectivity index (χ0n) is 13.4. The number of carbonyl (C=O) groups is 2. The Morgan fingerprint density at radius 3 is 2.57 bits per heavy atom. The fourth-order valence-corrected chi connectivity index (χ4v) is 2.58. The van der Waals surface area contributed by atoms with Crippen molar-refractivity contribution in [3.8, 4) is 0 Å². The smallest absolute Gasteiger partial charge is 0.251 e. The summed E-state index contributed by atoms with van der Waals surface area (Å²) in [6, 6.07) is 7.20. The van der Waals surface area contributed by atoms with Crippen LogP contribution in [-0.2, 0) is 11.3 Å². The van der Waals surface area contributed by atoms with E-state index in [0.717, 1.165) is 16.3 Å². The molecular weight excluding hydrogens is 310 g/mol. The van der Waals surface area contributed by atoms with Crippen molar-refractivity contribution in [2.45, 2.75) is 13.5 Å². The normalized spacial score (nSPS) is 10.7. The maximum absolute atomic E-state index is 12.1. The first-order valence-electron chi connectivity index (χ1n) is 7.16. The first-order chi connectivity index (χ1) is 11.0. The van der Waals surface area contributed by atoms with Crippen molar-refractivity contribution >= 4 is 29.2 Å². The van der Waals surface area contributed by atoms with Gasteiger partial charge in [0.25, 0.3) is 5.91 Å². The highest BCUT2D eigenvalue weighted by Gasteiger charge is 2.07. The van der Waals surface area contributed by atoms with Crippen LogP contribution in [0.15, 0.2) is 35.7 Å². The summed E-state index contributed by atoms with van der Waals surface area (Å²) in [5, 5.41) is 5.46. The molecular formula is C17H19N3O2S. The van der Waals surface area contributed by atoms with Crippen LogP contribution in [0, 0.1) is 6.92 Å². The summed E-state index contributed by atoms with van der Waals surface area (Å²) in [5.41, 5.74) is 2.36. The molecule has 0 spiro atoms. The Morgan fingerprint density at radius 2 is 2.00 bits per heavy atom. The molecule has 120 valence electrons. The minimum Gasteiger partial charge on any atom is -0.355 e. The van der Waals surface area contributed by atoms with Crippen LogP contribution < -0.4 is 5.32 Å². The van der Waals surface area contributed by atoms with E-state index in [4.69, 9.17) is 0 Å². The summed E-state index contributed by atoms with van der Waals surface area (Å²) in [6.45, 7) is 2.41. The Labute approximate surface area is 139 Å². The Balaban J connectivity index is 1.95. The Morgan fingerprint density at radius 1 is 1.30 bits per heavy atom. The van der Waals surface area contributed by atoms with Gasteiger partial charge in [-0.1, -0.05) is 12.1 Å². The minimum absolute atomic E-state index is 0.0916. The first-order valence-corrected chi connectivity index (χ1v) is 8.04. The van der Waals surface area contributed by atoms with Gasteiger partial charge in [-0.05, 0) is 30.7 Å². The van der Waals surface area contributed by atoms with Crippen molar-refractivity contribution in [2.75, 3.05) is 14.1 Å². The third-order valence-corrected chi connectivity index (χ3v) is 4.06. The van der Waals surface area contributed by atoms with Gasteiger partial charge in [-0.2, -0.15) is 0 Å². The summed E-state index contributed by atoms with van der Waals surface area (Å²) >= 11 is 1.55. The second-order valence-corrected chi connectivity index (χ2v) is 6.16. The van der Waals surface area contributed by atoms with Gasteiger partial charge in [0.05, 0.1) is 10.7 Å². The van der Waals surface area contributed by atoms with Gasteiger partial charge in [0.15, 0.2) is 0 Å². The van der Waals surface area contributed by atoms with E-state index in [2.05, 4.69) is 10.3 Å². The Kier molecular flexibility index (Phi) is 5.65. The van der Waals surface area contributed by atoms with Crippen LogP contribution in [0.3, 0.4) is 0 Å². The van der Waals surface area contributed by atoms with E-state index in [0.29, 0.717) is 12.1 Å². The molecule has 2 rings (SSSR count). The molecule has 0 saturated heterocycles. The zero-order chi connectivity index (χ0) is 16.8. The predicted octanol–water partition coefficient (Wildman–Crippen LogP) is 2.48. The lowest BCUT2D eigenvalue weighted by Gasteiger charge is -2.15. The van der Waals surface area contributed by atoms with E-state index >= 15 is 0 Å². The fourth-order valence-electron chi connectivity index (χ4n) is 2.00. The molecule has 0 aliphatic heterocycles. The summed E-state index contributed by atoms with van der Waals surface area (Å²) in [6.07, 6.45) is 3.24. The number of aryl methyl sites for hydroxylation is 1. The molecule has 0 aliphatic rings. The van der Waals surface area contributed by atoms with E-state index in [1.165, 1.54) is 6.08 Å². The summed E-state index contributed by atoms with van der Waals surface area (Å²) in [4.78, 5) is 29.5. The number of aromatic nitrogens is 1. The van der Waals surface area contributed by atoms with Gasteiger partial charge in [0.1, 0.15) is 0 Å². The van der Waals surface area contributed by atoms with Crippen LogP contribution >= 0.6 is 11.3 Å². The number of hydrogen-bond donors (Lipinski definition) is 1. The maximum atomic E-state index is 12.1. The Bertz CT molecular complexity index is 720. The topological polar surface area (TPSA) is 62.3 Å². The predicted molar refractivity (Wildman–Crippen MR) is 92.2 cm³/mol. The quantitative estimate of drug-likeness (QED) is 0.857. The lowest BCUT2D eigenvalue weighted by Crippen LogP contribution is -2.24. The SMILES string of the molecule is CNC(=O)c1ccc(CN(C)C(=O)/C=C/c2csc(C)n2)cc1. The monoisotopic (exact) mass is 329 g/mol. The average Bonchev–Trinajstić information content (AvgIpc) is 2.98. The number of thiazole rings is 1. The van der Waals surface area contributed by atoms with Crippen molar-refractivity contribution in [2.24, 2.45) is 0 Å². The Hall–Kier alpha value is -2.47. The van der Waals surface area contributed by atoms with E-state index in [1.807, 2.05) is 24.4 Å². The van der Waals surface area contributed by atoms with E-state index in [1.54, 1.807) is 48.5 Å². The van der Waals surface area contributed by atoms with Gasteiger partial charge in [-0.3, -0.25) is 9.59 Å². The highest BCUT2D eigenvalue weighted by atomic mass is 32.1. The van der Waals surface area contributed by atoms with Crippen LogP contribution in [-0.4, -0.2) is 35.8 Å². The summed E-state index contributed by atoms with van der Waals surface area (Å²) < 4.78 is 0. The number of carbonyl (C=O) groups excluding carboxylic acids is 2. The van der Waals surface area contributed by atoms with Crippen LogP contribution in [0.4, 0.5) is 0 Å². The second-order valence-electron chi connectivity index (χ2n) is 5.10. The van der Waals surface area contributed by atoms with Crippen LogP contribution in [0.1, 0.15) is 26.6 Å². The number of likely N-dealkylation sites (N-methyl/N-ethyl adjacent to an activating group) is 1. The fraction of sp³-hybridized carbons (Fsp3) is 0.235. The number of nitrogens with zero attached hydrogens (tertiary/aromatic N) is 2. The van der Waals surface area contributed by atoms with Gasteiger partial charge >= 0.3 is 0 Å². The van der Waals surface area contributed by atoms with Crippen LogP contribution in [0.25, 0.3) is 6.08 Å². The number of rotatable bonds is 5. The van der Waals surface area contributed by atoms with Crippen LogP contribution in [0.5, 0.6) is 0 Å².